The summed E-state index contributed by atoms with van der Waals surface area (Å²) in [5.41, 5.74) is 1.61. The van der Waals surface area contributed by atoms with Crippen molar-refractivity contribution in [3.63, 3.8) is 0 Å². The van der Waals surface area contributed by atoms with Crippen LogP contribution >= 0.6 is 0 Å². The first-order valence-corrected chi connectivity index (χ1v) is 9.22. The van der Waals surface area contributed by atoms with Crippen molar-refractivity contribution < 1.29 is 4.79 Å². The number of para-hydroxylation sites is 1. The zero-order chi connectivity index (χ0) is 20.7. The van der Waals surface area contributed by atoms with Crippen molar-refractivity contribution in [2.75, 3.05) is 5.32 Å². The Labute approximate surface area is 165 Å². The van der Waals surface area contributed by atoms with Crippen LogP contribution in [-0.2, 0) is 24.9 Å². The number of anilines is 1. The first-order valence-electron chi connectivity index (χ1n) is 9.22. The number of nitrogens with one attached hydrogen (secondary N) is 1. The smallest absolute Gasteiger partial charge is 0.323 e. The van der Waals surface area contributed by atoms with Gasteiger partial charge in [0, 0.05) is 19.0 Å². The molecule has 148 valence electrons. The topological polar surface area (TPSA) is 104 Å². The van der Waals surface area contributed by atoms with Crippen molar-refractivity contribution in [3.05, 3.63) is 63.1 Å². The Morgan fingerprint density at radius 3 is 2.66 bits per heavy atom. The Hall–Kier alpha value is -3.75. The SMILES string of the molecule is CCn1c(=O)c2ccccc2n(CC(=O)Nc2cnc3c(c2)c(C)nn3C)c1=O. The highest BCUT2D eigenvalue weighted by Crippen LogP contribution is 2.19. The molecular weight excluding hydrogens is 372 g/mol. The maximum Gasteiger partial charge on any atom is 0.331 e. The van der Waals surface area contributed by atoms with Crippen LogP contribution in [0.5, 0.6) is 0 Å². The highest BCUT2D eigenvalue weighted by molar-refractivity contribution is 5.93. The van der Waals surface area contributed by atoms with Crippen molar-refractivity contribution in [2.45, 2.75) is 26.9 Å². The van der Waals surface area contributed by atoms with E-state index in [1.54, 1.807) is 55.2 Å². The molecule has 1 aromatic carbocycles. The quantitative estimate of drug-likeness (QED) is 0.566. The van der Waals surface area contributed by atoms with Crippen LogP contribution in [0, 0.1) is 6.92 Å². The Morgan fingerprint density at radius 1 is 1.14 bits per heavy atom. The van der Waals surface area contributed by atoms with Crippen LogP contribution in [-0.4, -0.2) is 29.8 Å². The highest BCUT2D eigenvalue weighted by atomic mass is 16.2. The molecule has 0 aliphatic rings. The number of carbonyl (C=O) groups is 1. The molecule has 9 nitrogen and oxygen atoms in total. The molecule has 0 aliphatic heterocycles. The van der Waals surface area contributed by atoms with Crippen LogP contribution in [0.25, 0.3) is 21.9 Å². The van der Waals surface area contributed by atoms with Gasteiger partial charge in [-0.2, -0.15) is 5.10 Å². The largest absolute Gasteiger partial charge is 0.331 e. The van der Waals surface area contributed by atoms with Crippen LogP contribution in [0.4, 0.5) is 5.69 Å². The standard InChI is InChI=1S/C20H20N6O3/c1-4-25-19(28)14-7-5-6-8-16(14)26(20(25)29)11-17(27)22-13-9-15-12(2)23-24(3)18(15)21-10-13/h5-10H,4,11H2,1-3H3,(H,22,27). The fourth-order valence-electron chi connectivity index (χ4n) is 3.52. The summed E-state index contributed by atoms with van der Waals surface area (Å²) >= 11 is 0. The number of nitrogens with zero attached hydrogens (tertiary/aromatic N) is 5. The molecule has 4 rings (SSSR count). The Kier molecular flexibility index (Phi) is 4.50. The lowest BCUT2D eigenvalue weighted by Gasteiger charge is -2.13. The maximum atomic E-state index is 12.8. The van der Waals surface area contributed by atoms with Gasteiger partial charge < -0.3 is 5.32 Å². The molecule has 29 heavy (non-hydrogen) atoms. The number of rotatable bonds is 4. The summed E-state index contributed by atoms with van der Waals surface area (Å²) in [6, 6.07) is 8.58. The first-order chi connectivity index (χ1) is 13.9. The summed E-state index contributed by atoms with van der Waals surface area (Å²) in [7, 11) is 1.81. The van der Waals surface area contributed by atoms with Crippen molar-refractivity contribution in [1.29, 1.82) is 0 Å². The lowest BCUT2D eigenvalue weighted by molar-refractivity contribution is -0.116. The van der Waals surface area contributed by atoms with Gasteiger partial charge in [0.05, 0.1) is 28.5 Å². The second-order valence-corrected chi connectivity index (χ2v) is 6.79. The van der Waals surface area contributed by atoms with E-state index in [9.17, 15) is 14.4 Å². The normalized spacial score (nSPS) is 11.3. The van der Waals surface area contributed by atoms with Crippen LogP contribution in [0.1, 0.15) is 12.6 Å². The van der Waals surface area contributed by atoms with E-state index in [1.165, 1.54) is 4.57 Å². The van der Waals surface area contributed by atoms with Gasteiger partial charge in [-0.15, -0.1) is 0 Å². The Balaban J connectivity index is 1.70. The molecular formula is C20H20N6O3. The van der Waals surface area contributed by atoms with Crippen LogP contribution in [0.3, 0.4) is 0 Å². The number of carbonyl (C=O) groups excluding carboxylic acids is 1. The molecule has 0 aliphatic carbocycles. The molecule has 0 radical (unpaired) electrons. The second kappa shape index (κ2) is 7.01. The minimum atomic E-state index is -0.511. The number of hydrogen-bond acceptors (Lipinski definition) is 5. The second-order valence-electron chi connectivity index (χ2n) is 6.79. The minimum Gasteiger partial charge on any atom is -0.323 e. The highest BCUT2D eigenvalue weighted by Gasteiger charge is 2.15. The molecule has 3 aromatic heterocycles. The predicted octanol–water partition coefficient (Wildman–Crippen LogP) is 1.41. The predicted molar refractivity (Wildman–Crippen MR) is 110 cm³/mol. The molecule has 1 N–H and O–H groups in total. The average molecular weight is 392 g/mol. The number of benzene rings is 1. The van der Waals surface area contributed by atoms with E-state index in [2.05, 4.69) is 15.4 Å². The molecule has 0 saturated carbocycles. The third-order valence-electron chi connectivity index (χ3n) is 4.90. The maximum absolute atomic E-state index is 12.8. The van der Waals surface area contributed by atoms with Gasteiger partial charge >= 0.3 is 5.69 Å². The molecule has 3 heterocycles. The van der Waals surface area contributed by atoms with E-state index in [0.717, 1.165) is 21.3 Å². The lowest BCUT2D eigenvalue weighted by atomic mass is 10.2. The molecule has 1 amide bonds. The van der Waals surface area contributed by atoms with Gasteiger partial charge in [0.15, 0.2) is 5.65 Å². The third-order valence-corrected chi connectivity index (χ3v) is 4.90. The summed E-state index contributed by atoms with van der Waals surface area (Å²) in [4.78, 5) is 42.3. The number of pyridine rings is 1. The molecule has 9 heteroatoms. The van der Waals surface area contributed by atoms with Crippen molar-refractivity contribution in [3.8, 4) is 0 Å². The molecule has 0 atom stereocenters. The number of aryl methyl sites for hydroxylation is 2. The van der Waals surface area contributed by atoms with E-state index >= 15 is 0 Å². The number of fused-ring (bicyclic) bond motifs is 2. The number of amides is 1. The zero-order valence-electron chi connectivity index (χ0n) is 16.3. The van der Waals surface area contributed by atoms with Gasteiger partial charge in [-0.1, -0.05) is 12.1 Å². The van der Waals surface area contributed by atoms with Crippen LogP contribution in [0.15, 0.2) is 46.1 Å². The number of aromatic nitrogens is 5. The Bertz CT molecular complexity index is 1380. The average Bonchev–Trinajstić information content (AvgIpc) is 2.99. The van der Waals surface area contributed by atoms with Gasteiger partial charge in [-0.05, 0) is 32.0 Å². The van der Waals surface area contributed by atoms with E-state index in [4.69, 9.17) is 0 Å². The van der Waals surface area contributed by atoms with Gasteiger partial charge in [-0.3, -0.25) is 23.4 Å². The fourth-order valence-corrected chi connectivity index (χ4v) is 3.52. The monoisotopic (exact) mass is 392 g/mol. The molecule has 4 aromatic rings. The van der Waals surface area contributed by atoms with Crippen molar-refractivity contribution >= 4 is 33.5 Å². The molecule has 0 saturated heterocycles. The molecule has 0 bridgehead atoms. The molecule has 0 spiro atoms. The lowest BCUT2D eigenvalue weighted by Crippen LogP contribution is -2.41. The molecule has 0 fully saturated rings. The third kappa shape index (κ3) is 3.10. The van der Waals surface area contributed by atoms with Gasteiger partial charge in [0.25, 0.3) is 5.56 Å². The first kappa shape index (κ1) is 18.6. The summed E-state index contributed by atoms with van der Waals surface area (Å²) in [6.07, 6.45) is 1.55. The van der Waals surface area contributed by atoms with Crippen LogP contribution in [0.2, 0.25) is 0 Å². The zero-order valence-corrected chi connectivity index (χ0v) is 16.3. The van der Waals surface area contributed by atoms with E-state index in [1.807, 2.05) is 6.92 Å². The van der Waals surface area contributed by atoms with Crippen LogP contribution < -0.4 is 16.6 Å². The van der Waals surface area contributed by atoms with Crippen molar-refractivity contribution in [2.24, 2.45) is 7.05 Å². The minimum absolute atomic E-state index is 0.219. The summed E-state index contributed by atoms with van der Waals surface area (Å²) in [5, 5.41) is 8.33. The summed E-state index contributed by atoms with van der Waals surface area (Å²) in [5.74, 6) is -0.388. The van der Waals surface area contributed by atoms with Gasteiger partial charge in [-0.25, -0.2) is 9.78 Å². The number of hydrogen-bond donors (Lipinski definition) is 1. The summed E-state index contributed by atoms with van der Waals surface area (Å²) < 4.78 is 4.12. The fraction of sp³-hybridized carbons (Fsp3) is 0.250. The van der Waals surface area contributed by atoms with Crippen molar-refractivity contribution in [1.82, 2.24) is 23.9 Å². The summed E-state index contributed by atoms with van der Waals surface area (Å²) in [6.45, 7) is 3.60. The van der Waals surface area contributed by atoms with Gasteiger partial charge in [0.1, 0.15) is 6.54 Å². The van der Waals surface area contributed by atoms with E-state index in [-0.39, 0.29) is 24.6 Å². The Morgan fingerprint density at radius 2 is 1.90 bits per heavy atom. The van der Waals surface area contributed by atoms with E-state index < -0.39 is 5.69 Å². The molecule has 0 unspecified atom stereocenters. The van der Waals surface area contributed by atoms with E-state index in [0.29, 0.717) is 16.6 Å². The van der Waals surface area contributed by atoms with Gasteiger partial charge in [0.2, 0.25) is 5.91 Å².